The first-order valence-electron chi connectivity index (χ1n) is 11.4. The van der Waals surface area contributed by atoms with Crippen LogP contribution in [0.25, 0.3) is 11.1 Å². The molecule has 1 saturated heterocycles. The van der Waals surface area contributed by atoms with Gasteiger partial charge in [0.25, 0.3) is 0 Å². The third-order valence-corrected chi connectivity index (χ3v) is 6.60. The van der Waals surface area contributed by atoms with Crippen LogP contribution in [-0.4, -0.2) is 25.7 Å². The van der Waals surface area contributed by atoms with E-state index in [0.717, 1.165) is 48.3 Å². The number of anilines is 1. The molecule has 0 N–H and O–H groups in total. The number of nitriles is 1. The molecule has 0 spiro atoms. The topological polar surface area (TPSA) is 53.3 Å². The first kappa shape index (κ1) is 22.9. The van der Waals surface area contributed by atoms with Crippen molar-refractivity contribution in [1.29, 1.82) is 5.26 Å². The number of nitrogens with zero attached hydrogens (tertiary/aromatic N) is 2. The smallest absolute Gasteiger partial charge is 0.338 e. The first-order chi connectivity index (χ1) is 16.1. The molecule has 5 heteroatoms. The van der Waals surface area contributed by atoms with Crippen molar-refractivity contribution >= 4 is 23.3 Å². The molecule has 168 valence electrons. The normalized spacial score (nSPS) is 15.0. The van der Waals surface area contributed by atoms with Gasteiger partial charge < -0.3 is 9.64 Å². The van der Waals surface area contributed by atoms with E-state index >= 15 is 0 Å². The SMILES string of the molecule is CCOC(=O)c1ccc(N2CCC([C@H](C#N)c3ccccc3-c3ccc(Cl)cc3)CC2)cc1. The molecule has 1 aliphatic heterocycles. The maximum atomic E-state index is 11.9. The lowest BCUT2D eigenvalue weighted by Crippen LogP contribution is -2.35. The quantitative estimate of drug-likeness (QED) is 0.385. The van der Waals surface area contributed by atoms with E-state index in [4.69, 9.17) is 16.3 Å². The predicted octanol–water partition coefficient (Wildman–Crippen LogP) is 6.71. The average Bonchev–Trinajstić information content (AvgIpc) is 2.86. The number of carbonyl (C=O) groups is 1. The Morgan fingerprint density at radius 3 is 2.36 bits per heavy atom. The van der Waals surface area contributed by atoms with E-state index in [1.807, 2.05) is 60.7 Å². The van der Waals surface area contributed by atoms with Gasteiger partial charge in [0.15, 0.2) is 0 Å². The number of halogens is 1. The van der Waals surface area contributed by atoms with Crippen molar-refractivity contribution in [2.75, 3.05) is 24.6 Å². The Labute approximate surface area is 200 Å². The molecule has 0 radical (unpaired) electrons. The van der Waals surface area contributed by atoms with Crippen molar-refractivity contribution < 1.29 is 9.53 Å². The van der Waals surface area contributed by atoms with Gasteiger partial charge in [-0.25, -0.2) is 4.79 Å². The molecule has 0 aromatic heterocycles. The lowest BCUT2D eigenvalue weighted by molar-refractivity contribution is 0.0526. The Morgan fingerprint density at radius 2 is 1.73 bits per heavy atom. The van der Waals surface area contributed by atoms with E-state index in [1.54, 1.807) is 6.92 Å². The number of rotatable bonds is 6. The van der Waals surface area contributed by atoms with Crippen LogP contribution in [0.1, 0.15) is 41.6 Å². The fraction of sp³-hybridized carbons (Fsp3) is 0.286. The second-order valence-electron chi connectivity index (χ2n) is 8.29. The molecular formula is C28H27ClN2O2. The minimum atomic E-state index is -0.293. The Bertz CT molecular complexity index is 1130. The molecule has 0 amide bonds. The van der Waals surface area contributed by atoms with Crippen molar-refractivity contribution in [3.63, 3.8) is 0 Å². The predicted molar refractivity (Wildman–Crippen MR) is 133 cm³/mol. The molecule has 0 unspecified atom stereocenters. The van der Waals surface area contributed by atoms with Gasteiger partial charge in [0.2, 0.25) is 0 Å². The zero-order valence-corrected chi connectivity index (χ0v) is 19.5. The largest absolute Gasteiger partial charge is 0.462 e. The number of benzene rings is 3. The lowest BCUT2D eigenvalue weighted by atomic mass is 9.78. The monoisotopic (exact) mass is 458 g/mol. The minimum Gasteiger partial charge on any atom is -0.462 e. The highest BCUT2D eigenvalue weighted by Crippen LogP contribution is 2.38. The van der Waals surface area contributed by atoms with Crippen LogP contribution in [-0.2, 0) is 4.74 Å². The number of carbonyl (C=O) groups excluding carboxylic acids is 1. The van der Waals surface area contributed by atoms with E-state index in [9.17, 15) is 10.1 Å². The summed E-state index contributed by atoms with van der Waals surface area (Å²) in [7, 11) is 0. The van der Waals surface area contributed by atoms with E-state index in [-0.39, 0.29) is 11.9 Å². The van der Waals surface area contributed by atoms with Crippen molar-refractivity contribution in [3.8, 4) is 17.2 Å². The third-order valence-electron chi connectivity index (χ3n) is 6.34. The van der Waals surface area contributed by atoms with E-state index in [0.29, 0.717) is 23.1 Å². The number of hydrogen-bond donors (Lipinski definition) is 0. The lowest BCUT2D eigenvalue weighted by Gasteiger charge is -2.36. The van der Waals surface area contributed by atoms with Gasteiger partial charge in [-0.1, -0.05) is 48.0 Å². The van der Waals surface area contributed by atoms with Gasteiger partial charge in [-0.05, 0) is 78.8 Å². The Morgan fingerprint density at radius 1 is 1.06 bits per heavy atom. The van der Waals surface area contributed by atoms with Crippen LogP contribution in [0.2, 0.25) is 5.02 Å². The van der Waals surface area contributed by atoms with Gasteiger partial charge in [-0.15, -0.1) is 0 Å². The summed E-state index contributed by atoms with van der Waals surface area (Å²) in [5.74, 6) is -0.164. The molecule has 1 fully saturated rings. The van der Waals surface area contributed by atoms with Crippen molar-refractivity contribution in [2.24, 2.45) is 5.92 Å². The summed E-state index contributed by atoms with van der Waals surface area (Å²) < 4.78 is 5.07. The Hall–Kier alpha value is -3.29. The summed E-state index contributed by atoms with van der Waals surface area (Å²) in [6.45, 7) is 3.93. The van der Waals surface area contributed by atoms with Crippen molar-refractivity contribution in [3.05, 3.63) is 88.9 Å². The van der Waals surface area contributed by atoms with Gasteiger partial charge in [0.1, 0.15) is 0 Å². The van der Waals surface area contributed by atoms with Crippen LogP contribution < -0.4 is 4.90 Å². The Balaban J connectivity index is 1.47. The maximum Gasteiger partial charge on any atom is 0.338 e. The van der Waals surface area contributed by atoms with Crippen molar-refractivity contribution in [1.82, 2.24) is 0 Å². The number of esters is 1. The molecule has 0 aliphatic carbocycles. The zero-order chi connectivity index (χ0) is 23.2. The third kappa shape index (κ3) is 5.21. The molecule has 3 aromatic rings. The number of piperidine rings is 1. The van der Waals surface area contributed by atoms with Crippen molar-refractivity contribution in [2.45, 2.75) is 25.7 Å². The molecular weight excluding hydrogens is 432 g/mol. The van der Waals surface area contributed by atoms with Gasteiger partial charge in [0, 0.05) is 23.8 Å². The van der Waals surface area contributed by atoms with Crippen LogP contribution in [0.5, 0.6) is 0 Å². The number of ether oxygens (including phenoxy) is 1. The summed E-state index contributed by atoms with van der Waals surface area (Å²) in [5.41, 5.74) is 4.92. The highest BCUT2D eigenvalue weighted by atomic mass is 35.5. The molecule has 33 heavy (non-hydrogen) atoms. The van der Waals surface area contributed by atoms with E-state index in [1.165, 1.54) is 0 Å². The van der Waals surface area contributed by atoms with Crippen LogP contribution in [0.4, 0.5) is 5.69 Å². The molecule has 1 heterocycles. The highest BCUT2D eigenvalue weighted by molar-refractivity contribution is 6.30. The first-order valence-corrected chi connectivity index (χ1v) is 11.7. The molecule has 0 bridgehead atoms. The van der Waals surface area contributed by atoms with Crippen LogP contribution in [0.15, 0.2) is 72.8 Å². The molecule has 4 rings (SSSR count). The zero-order valence-electron chi connectivity index (χ0n) is 18.7. The van der Waals surface area contributed by atoms with Crippen LogP contribution in [0, 0.1) is 17.2 Å². The van der Waals surface area contributed by atoms with Gasteiger partial charge in [0.05, 0.1) is 24.2 Å². The standard InChI is InChI=1S/C28H27ClN2O2/c1-2-33-28(32)22-9-13-24(14-10-22)31-17-15-21(16-18-31)27(19-30)26-6-4-3-5-25(26)20-7-11-23(29)12-8-20/h3-14,21,27H,2,15-18H2,1H3/t27-/m0/s1. The Kier molecular flexibility index (Phi) is 7.32. The van der Waals surface area contributed by atoms with Gasteiger partial charge in [-0.2, -0.15) is 5.26 Å². The van der Waals surface area contributed by atoms with Gasteiger partial charge >= 0.3 is 5.97 Å². The molecule has 1 aliphatic rings. The van der Waals surface area contributed by atoms with E-state index < -0.39 is 0 Å². The van der Waals surface area contributed by atoms with Gasteiger partial charge in [-0.3, -0.25) is 0 Å². The fourth-order valence-electron chi connectivity index (χ4n) is 4.60. The minimum absolute atomic E-state index is 0.162. The molecule has 3 aromatic carbocycles. The summed E-state index contributed by atoms with van der Waals surface area (Å²) >= 11 is 6.07. The molecule has 1 atom stereocenters. The number of hydrogen-bond acceptors (Lipinski definition) is 4. The molecule has 4 nitrogen and oxygen atoms in total. The second-order valence-corrected chi connectivity index (χ2v) is 8.73. The van der Waals surface area contributed by atoms with E-state index in [2.05, 4.69) is 23.1 Å². The van der Waals surface area contributed by atoms with Crippen LogP contribution in [0.3, 0.4) is 0 Å². The highest BCUT2D eigenvalue weighted by Gasteiger charge is 2.29. The summed E-state index contributed by atoms with van der Waals surface area (Å²) in [6, 6.07) is 26.2. The average molecular weight is 459 g/mol. The second kappa shape index (κ2) is 10.6. The maximum absolute atomic E-state index is 11.9. The fourth-order valence-corrected chi connectivity index (χ4v) is 4.73. The summed E-state index contributed by atoms with van der Waals surface area (Å²) in [6.07, 6.45) is 1.87. The molecule has 0 saturated carbocycles. The summed E-state index contributed by atoms with van der Waals surface area (Å²) in [5, 5.41) is 10.8. The van der Waals surface area contributed by atoms with Crippen LogP contribution >= 0.6 is 11.6 Å². The summed E-state index contributed by atoms with van der Waals surface area (Å²) in [4.78, 5) is 14.2.